The SMILES string of the molecule is CNCCC#Cc1ccc(S(=O)(=O)NCC(=O)O)cc1. The van der Waals surface area contributed by atoms with Crippen molar-refractivity contribution in [1.29, 1.82) is 0 Å². The summed E-state index contributed by atoms with van der Waals surface area (Å²) in [7, 11) is -1.95. The average molecular weight is 296 g/mol. The molecule has 108 valence electrons. The smallest absolute Gasteiger partial charge is 0.318 e. The maximum absolute atomic E-state index is 11.7. The molecule has 1 aromatic carbocycles. The maximum Gasteiger partial charge on any atom is 0.318 e. The number of carboxylic acids is 1. The Hall–Kier alpha value is -1.88. The number of carbonyl (C=O) groups is 1. The van der Waals surface area contributed by atoms with Crippen molar-refractivity contribution in [3.05, 3.63) is 29.8 Å². The maximum atomic E-state index is 11.7. The molecule has 1 rings (SSSR count). The van der Waals surface area contributed by atoms with Crippen LogP contribution < -0.4 is 10.0 Å². The first-order valence-electron chi connectivity index (χ1n) is 5.90. The summed E-state index contributed by atoms with van der Waals surface area (Å²) in [6, 6.07) is 5.96. The Morgan fingerprint density at radius 3 is 2.50 bits per heavy atom. The normalized spacial score (nSPS) is 10.7. The van der Waals surface area contributed by atoms with Crippen molar-refractivity contribution in [2.45, 2.75) is 11.3 Å². The molecule has 0 saturated heterocycles. The van der Waals surface area contributed by atoms with Crippen LogP contribution in [0.5, 0.6) is 0 Å². The average Bonchev–Trinajstić information content (AvgIpc) is 2.42. The summed E-state index contributed by atoms with van der Waals surface area (Å²) >= 11 is 0. The van der Waals surface area contributed by atoms with Crippen LogP contribution in [0.25, 0.3) is 0 Å². The Morgan fingerprint density at radius 2 is 1.95 bits per heavy atom. The van der Waals surface area contributed by atoms with E-state index in [-0.39, 0.29) is 4.90 Å². The van der Waals surface area contributed by atoms with E-state index in [9.17, 15) is 13.2 Å². The summed E-state index contributed by atoms with van der Waals surface area (Å²) < 4.78 is 25.4. The minimum atomic E-state index is -3.79. The van der Waals surface area contributed by atoms with Gasteiger partial charge >= 0.3 is 5.97 Å². The fourth-order valence-corrected chi connectivity index (χ4v) is 2.28. The van der Waals surface area contributed by atoms with E-state index in [1.807, 2.05) is 11.8 Å². The number of hydrogen-bond acceptors (Lipinski definition) is 4. The van der Waals surface area contributed by atoms with Crippen molar-refractivity contribution >= 4 is 16.0 Å². The van der Waals surface area contributed by atoms with Gasteiger partial charge in [0.1, 0.15) is 6.54 Å². The number of benzene rings is 1. The molecular formula is C13H16N2O4S. The molecule has 7 heteroatoms. The predicted octanol–water partition coefficient (Wildman–Crippen LogP) is 0.0105. The van der Waals surface area contributed by atoms with Crippen LogP contribution in [-0.4, -0.2) is 39.6 Å². The van der Waals surface area contributed by atoms with Crippen LogP contribution in [0, 0.1) is 11.8 Å². The molecule has 0 aliphatic rings. The minimum absolute atomic E-state index is 0.0134. The highest BCUT2D eigenvalue weighted by Gasteiger charge is 2.14. The summed E-state index contributed by atoms with van der Waals surface area (Å²) in [6.07, 6.45) is 0.705. The Labute approximate surface area is 118 Å². The molecule has 0 aromatic heterocycles. The van der Waals surface area contributed by atoms with Crippen LogP contribution in [0.3, 0.4) is 0 Å². The zero-order valence-corrected chi connectivity index (χ0v) is 11.8. The molecule has 0 amide bonds. The molecular weight excluding hydrogens is 280 g/mol. The van der Waals surface area contributed by atoms with E-state index in [1.54, 1.807) is 12.1 Å². The molecule has 0 aliphatic heterocycles. The third-order valence-electron chi connectivity index (χ3n) is 2.31. The van der Waals surface area contributed by atoms with Gasteiger partial charge in [0.15, 0.2) is 0 Å². The lowest BCUT2D eigenvalue weighted by Crippen LogP contribution is -2.29. The van der Waals surface area contributed by atoms with E-state index in [1.165, 1.54) is 12.1 Å². The monoisotopic (exact) mass is 296 g/mol. The van der Waals surface area contributed by atoms with Crippen LogP contribution in [-0.2, 0) is 14.8 Å². The van der Waals surface area contributed by atoms with Gasteiger partial charge in [-0.25, -0.2) is 8.42 Å². The topological polar surface area (TPSA) is 95.5 Å². The van der Waals surface area contributed by atoms with Crippen LogP contribution in [0.15, 0.2) is 29.2 Å². The lowest BCUT2D eigenvalue weighted by Gasteiger charge is -2.04. The Bertz CT molecular complexity index is 612. The summed E-state index contributed by atoms with van der Waals surface area (Å²) in [5, 5.41) is 11.4. The third kappa shape index (κ3) is 5.40. The summed E-state index contributed by atoms with van der Waals surface area (Å²) in [5.74, 6) is 4.62. The Balaban J connectivity index is 2.74. The minimum Gasteiger partial charge on any atom is -0.480 e. The van der Waals surface area contributed by atoms with E-state index in [0.717, 1.165) is 6.54 Å². The molecule has 0 radical (unpaired) electrons. The molecule has 3 N–H and O–H groups in total. The highest BCUT2D eigenvalue weighted by Crippen LogP contribution is 2.09. The molecule has 0 bridgehead atoms. The van der Waals surface area contributed by atoms with Gasteiger partial charge in [0.2, 0.25) is 10.0 Å². The van der Waals surface area contributed by atoms with Gasteiger partial charge in [-0.15, -0.1) is 0 Å². The lowest BCUT2D eigenvalue weighted by molar-refractivity contribution is -0.135. The third-order valence-corrected chi connectivity index (χ3v) is 3.73. The Morgan fingerprint density at radius 1 is 1.30 bits per heavy atom. The number of aliphatic carboxylic acids is 1. The zero-order chi connectivity index (χ0) is 15.0. The molecule has 0 aliphatic carbocycles. The number of rotatable bonds is 6. The molecule has 6 nitrogen and oxygen atoms in total. The van der Waals surface area contributed by atoms with Gasteiger partial charge in [-0.3, -0.25) is 4.79 Å². The first-order valence-corrected chi connectivity index (χ1v) is 7.39. The highest BCUT2D eigenvalue weighted by molar-refractivity contribution is 7.89. The number of sulfonamides is 1. The molecule has 0 saturated carbocycles. The van der Waals surface area contributed by atoms with E-state index >= 15 is 0 Å². The zero-order valence-electron chi connectivity index (χ0n) is 11.0. The van der Waals surface area contributed by atoms with E-state index in [2.05, 4.69) is 17.2 Å². The van der Waals surface area contributed by atoms with Gasteiger partial charge in [-0.1, -0.05) is 11.8 Å². The standard InChI is InChI=1S/C13H16N2O4S/c1-14-9-3-2-4-11-5-7-12(8-6-11)20(18,19)15-10-13(16)17/h5-8,14-15H,3,9-10H2,1H3,(H,16,17). The molecule has 0 heterocycles. The number of carboxylic acid groups (broad SMARTS) is 1. The van der Waals surface area contributed by atoms with Crippen molar-refractivity contribution in [3.8, 4) is 11.8 Å². The molecule has 0 unspecified atom stereocenters. The second-order valence-electron chi connectivity index (χ2n) is 3.90. The van der Waals surface area contributed by atoms with Crippen LogP contribution in [0.1, 0.15) is 12.0 Å². The van der Waals surface area contributed by atoms with Crippen LogP contribution in [0.4, 0.5) is 0 Å². The molecule has 1 aromatic rings. The molecule has 0 atom stereocenters. The first-order chi connectivity index (χ1) is 9.45. The molecule has 0 spiro atoms. The fourth-order valence-electron chi connectivity index (χ4n) is 1.31. The largest absolute Gasteiger partial charge is 0.480 e. The predicted molar refractivity (Wildman–Crippen MR) is 74.7 cm³/mol. The van der Waals surface area contributed by atoms with Crippen molar-refractivity contribution in [1.82, 2.24) is 10.0 Å². The van der Waals surface area contributed by atoms with E-state index in [0.29, 0.717) is 12.0 Å². The van der Waals surface area contributed by atoms with Crippen molar-refractivity contribution in [3.63, 3.8) is 0 Å². The van der Waals surface area contributed by atoms with Crippen LogP contribution >= 0.6 is 0 Å². The highest BCUT2D eigenvalue weighted by atomic mass is 32.2. The van der Waals surface area contributed by atoms with Gasteiger partial charge in [0.05, 0.1) is 4.90 Å². The molecule has 0 fully saturated rings. The summed E-state index contributed by atoms with van der Waals surface area (Å²) in [5.41, 5.74) is 0.707. The molecule has 20 heavy (non-hydrogen) atoms. The number of hydrogen-bond donors (Lipinski definition) is 3. The van der Waals surface area contributed by atoms with Crippen molar-refractivity contribution in [2.24, 2.45) is 0 Å². The van der Waals surface area contributed by atoms with E-state index < -0.39 is 22.5 Å². The van der Waals surface area contributed by atoms with Gasteiger partial charge < -0.3 is 10.4 Å². The second kappa shape index (κ2) is 7.65. The summed E-state index contributed by atoms with van der Waals surface area (Å²) in [4.78, 5) is 10.4. The van der Waals surface area contributed by atoms with Gasteiger partial charge in [-0.2, -0.15) is 4.72 Å². The van der Waals surface area contributed by atoms with Crippen LogP contribution in [0.2, 0.25) is 0 Å². The van der Waals surface area contributed by atoms with Crippen molar-refractivity contribution < 1.29 is 18.3 Å². The number of nitrogens with one attached hydrogen (secondary N) is 2. The van der Waals surface area contributed by atoms with E-state index in [4.69, 9.17) is 5.11 Å². The first kappa shape index (κ1) is 16.2. The lowest BCUT2D eigenvalue weighted by atomic mass is 10.2. The second-order valence-corrected chi connectivity index (χ2v) is 5.66. The van der Waals surface area contributed by atoms with Gasteiger partial charge in [0, 0.05) is 18.5 Å². The quantitative estimate of drug-likeness (QED) is 0.508. The Kier molecular flexibility index (Phi) is 6.18. The van der Waals surface area contributed by atoms with Gasteiger partial charge in [-0.05, 0) is 31.3 Å². The van der Waals surface area contributed by atoms with Crippen molar-refractivity contribution in [2.75, 3.05) is 20.1 Å². The fraction of sp³-hybridized carbons (Fsp3) is 0.308. The summed E-state index contributed by atoms with van der Waals surface area (Å²) in [6.45, 7) is 0.145. The van der Waals surface area contributed by atoms with Gasteiger partial charge in [0.25, 0.3) is 0 Å².